The Balaban J connectivity index is 1.54. The fraction of sp³-hybridized carbons (Fsp3) is 0.773. The van der Waals surface area contributed by atoms with E-state index in [9.17, 15) is 0 Å². The maximum absolute atomic E-state index is 5.55. The van der Waals surface area contributed by atoms with Crippen molar-refractivity contribution in [2.75, 3.05) is 57.4 Å². The number of hydrogen-bond acceptors (Lipinski definition) is 5. The normalized spacial score (nSPS) is 20.8. The van der Waals surface area contributed by atoms with Crippen molar-refractivity contribution < 1.29 is 4.74 Å². The molecule has 0 aromatic carbocycles. The second kappa shape index (κ2) is 11.8. The molecule has 164 valence electrons. The lowest BCUT2D eigenvalue weighted by molar-refractivity contribution is 0.0143. The van der Waals surface area contributed by atoms with Crippen molar-refractivity contribution in [1.29, 1.82) is 0 Å². The topological polar surface area (TPSA) is 52.1 Å². The van der Waals surface area contributed by atoms with Crippen LogP contribution in [0.5, 0.6) is 0 Å². The summed E-state index contributed by atoms with van der Waals surface area (Å²) >= 11 is 1.84. The van der Waals surface area contributed by atoms with Gasteiger partial charge in [0.25, 0.3) is 0 Å². The van der Waals surface area contributed by atoms with Crippen molar-refractivity contribution in [2.45, 2.75) is 52.1 Å². The molecule has 1 unspecified atom stereocenters. The second-order valence-corrected chi connectivity index (χ2v) is 9.43. The van der Waals surface area contributed by atoms with Crippen molar-refractivity contribution in [1.82, 2.24) is 15.5 Å². The summed E-state index contributed by atoms with van der Waals surface area (Å²) < 4.78 is 5.55. The van der Waals surface area contributed by atoms with Crippen molar-refractivity contribution in [2.24, 2.45) is 10.9 Å². The monoisotopic (exact) mass is 421 g/mol. The molecule has 2 N–H and O–H groups in total. The fourth-order valence-electron chi connectivity index (χ4n) is 4.23. The summed E-state index contributed by atoms with van der Waals surface area (Å²) in [6.45, 7) is 14.5. The molecular formula is C22H39N5OS. The van der Waals surface area contributed by atoms with E-state index in [0.717, 1.165) is 71.3 Å². The van der Waals surface area contributed by atoms with E-state index < -0.39 is 0 Å². The predicted molar refractivity (Wildman–Crippen MR) is 124 cm³/mol. The molecule has 1 aromatic rings. The van der Waals surface area contributed by atoms with E-state index >= 15 is 0 Å². The van der Waals surface area contributed by atoms with Crippen LogP contribution in [0.1, 0.15) is 40.0 Å². The van der Waals surface area contributed by atoms with Gasteiger partial charge >= 0.3 is 0 Å². The van der Waals surface area contributed by atoms with E-state index in [4.69, 9.17) is 9.73 Å². The molecule has 29 heavy (non-hydrogen) atoms. The number of guanidine groups is 1. The first-order valence-corrected chi connectivity index (χ1v) is 12.2. The number of hydrogen-bond donors (Lipinski definition) is 2. The minimum absolute atomic E-state index is 0.495. The number of rotatable bonds is 8. The summed E-state index contributed by atoms with van der Waals surface area (Å²) in [7, 11) is 0. The van der Waals surface area contributed by atoms with Gasteiger partial charge in [0.05, 0.1) is 24.8 Å². The molecule has 0 aliphatic carbocycles. The first kappa shape index (κ1) is 22.4. The van der Waals surface area contributed by atoms with Gasteiger partial charge in [-0.15, -0.1) is 11.3 Å². The number of aliphatic imine (C=N–C) groups is 1. The van der Waals surface area contributed by atoms with Crippen molar-refractivity contribution in [3.63, 3.8) is 0 Å². The molecule has 1 aromatic heterocycles. The third kappa shape index (κ3) is 7.15. The van der Waals surface area contributed by atoms with Gasteiger partial charge in [-0.1, -0.05) is 13.8 Å². The summed E-state index contributed by atoms with van der Waals surface area (Å²) in [4.78, 5) is 10.1. The molecule has 0 spiro atoms. The largest absolute Gasteiger partial charge is 0.379 e. The molecule has 2 aliphatic heterocycles. The van der Waals surface area contributed by atoms with E-state index in [1.54, 1.807) is 0 Å². The van der Waals surface area contributed by atoms with Crippen LogP contribution < -0.4 is 15.5 Å². The van der Waals surface area contributed by atoms with Gasteiger partial charge in [0.15, 0.2) is 5.96 Å². The zero-order valence-corrected chi connectivity index (χ0v) is 19.2. The minimum atomic E-state index is 0.495. The highest BCUT2D eigenvalue weighted by molar-refractivity contribution is 7.14. The molecule has 2 saturated heterocycles. The molecule has 0 radical (unpaired) electrons. The van der Waals surface area contributed by atoms with Gasteiger partial charge in [0.1, 0.15) is 0 Å². The number of piperidine rings is 1. The highest BCUT2D eigenvalue weighted by Crippen LogP contribution is 2.24. The van der Waals surface area contributed by atoms with Gasteiger partial charge in [-0.3, -0.25) is 9.89 Å². The summed E-state index contributed by atoms with van der Waals surface area (Å²) in [5.74, 6) is 1.65. The zero-order chi connectivity index (χ0) is 20.5. The smallest absolute Gasteiger partial charge is 0.191 e. The van der Waals surface area contributed by atoms with E-state index in [2.05, 4.69) is 58.7 Å². The van der Waals surface area contributed by atoms with E-state index in [1.807, 2.05) is 11.3 Å². The van der Waals surface area contributed by atoms with Gasteiger partial charge in [-0.25, -0.2) is 0 Å². The van der Waals surface area contributed by atoms with Gasteiger partial charge in [0, 0.05) is 44.8 Å². The molecule has 0 amide bonds. The van der Waals surface area contributed by atoms with Crippen molar-refractivity contribution >= 4 is 22.3 Å². The Kier molecular flexibility index (Phi) is 9.08. The predicted octanol–water partition coefficient (Wildman–Crippen LogP) is 3.02. The van der Waals surface area contributed by atoms with Crippen LogP contribution in [0.2, 0.25) is 0 Å². The van der Waals surface area contributed by atoms with Crippen LogP contribution in [-0.2, 0) is 4.74 Å². The van der Waals surface area contributed by atoms with Crippen LogP contribution >= 0.6 is 11.3 Å². The maximum atomic E-state index is 5.55. The summed E-state index contributed by atoms with van der Waals surface area (Å²) in [5.41, 5.74) is 0. The third-order valence-corrected chi connectivity index (χ3v) is 6.69. The van der Waals surface area contributed by atoms with Crippen LogP contribution in [0, 0.1) is 5.92 Å². The Hall–Kier alpha value is -1.31. The minimum Gasteiger partial charge on any atom is -0.379 e. The van der Waals surface area contributed by atoms with Crippen molar-refractivity contribution in [3.05, 3.63) is 17.5 Å². The van der Waals surface area contributed by atoms with Gasteiger partial charge < -0.3 is 20.3 Å². The lowest BCUT2D eigenvalue weighted by Gasteiger charge is -2.35. The Morgan fingerprint density at radius 2 is 2.00 bits per heavy atom. The van der Waals surface area contributed by atoms with Crippen molar-refractivity contribution in [3.8, 4) is 0 Å². The quantitative estimate of drug-likeness (QED) is 0.499. The second-order valence-electron chi connectivity index (χ2n) is 8.51. The highest BCUT2D eigenvalue weighted by Gasteiger charge is 2.23. The molecule has 0 bridgehead atoms. The molecule has 3 heterocycles. The van der Waals surface area contributed by atoms with E-state index in [0.29, 0.717) is 18.0 Å². The van der Waals surface area contributed by atoms with Gasteiger partial charge in [0.2, 0.25) is 0 Å². The molecule has 2 aliphatic rings. The van der Waals surface area contributed by atoms with E-state index in [1.165, 1.54) is 11.4 Å². The van der Waals surface area contributed by atoms with Crippen LogP contribution in [0.15, 0.2) is 22.5 Å². The Labute approximate surface area is 180 Å². The number of anilines is 1. The molecule has 2 fully saturated rings. The third-order valence-electron chi connectivity index (χ3n) is 5.76. The first-order valence-electron chi connectivity index (χ1n) is 11.3. The highest BCUT2D eigenvalue weighted by atomic mass is 32.1. The molecule has 0 saturated carbocycles. The summed E-state index contributed by atoms with van der Waals surface area (Å²) in [6.07, 6.45) is 3.49. The number of thiophene rings is 1. The molecule has 1 atom stereocenters. The van der Waals surface area contributed by atoms with Crippen LogP contribution in [0.4, 0.5) is 5.00 Å². The number of nitrogens with zero attached hydrogens (tertiary/aromatic N) is 3. The summed E-state index contributed by atoms with van der Waals surface area (Å²) in [6, 6.07) is 5.36. The SMILES string of the molecule is CCNC(=NCC(CC(C)C)N1CCOCC1)NC1CCN(c2cccs2)CC1. The standard InChI is InChI=1S/C22H39N5OS/c1-4-23-22(24-17-20(16-18(2)3)26-11-13-28-14-12-26)25-19-7-9-27(10-8-19)21-6-5-15-29-21/h5-6,15,18-20H,4,7-14,16-17H2,1-3H3,(H2,23,24,25). The zero-order valence-electron chi connectivity index (χ0n) is 18.4. The number of ether oxygens (including phenoxy) is 1. The van der Waals surface area contributed by atoms with Gasteiger partial charge in [-0.05, 0) is 49.6 Å². The first-order chi connectivity index (χ1) is 14.2. The molecule has 7 heteroatoms. The lowest BCUT2D eigenvalue weighted by Crippen LogP contribution is -2.49. The summed E-state index contributed by atoms with van der Waals surface area (Å²) in [5, 5.41) is 10.7. The van der Waals surface area contributed by atoms with Crippen LogP contribution in [0.25, 0.3) is 0 Å². The molecular weight excluding hydrogens is 382 g/mol. The van der Waals surface area contributed by atoms with Crippen LogP contribution in [-0.4, -0.2) is 75.4 Å². The van der Waals surface area contributed by atoms with E-state index in [-0.39, 0.29) is 0 Å². The number of morpholine rings is 1. The Morgan fingerprint density at radius 3 is 2.62 bits per heavy atom. The maximum Gasteiger partial charge on any atom is 0.191 e. The fourth-order valence-corrected chi connectivity index (χ4v) is 5.02. The molecule has 3 rings (SSSR count). The van der Waals surface area contributed by atoms with Crippen LogP contribution in [0.3, 0.4) is 0 Å². The average molecular weight is 422 g/mol. The average Bonchev–Trinajstić information content (AvgIpc) is 3.27. The number of nitrogens with one attached hydrogen (secondary N) is 2. The molecule has 6 nitrogen and oxygen atoms in total. The van der Waals surface area contributed by atoms with Gasteiger partial charge in [-0.2, -0.15) is 0 Å². The lowest BCUT2D eigenvalue weighted by atomic mass is 10.0. The Morgan fingerprint density at radius 1 is 1.24 bits per heavy atom. The Bertz CT molecular complexity index is 592.